The van der Waals surface area contributed by atoms with E-state index in [4.69, 9.17) is 32.9 Å². The van der Waals surface area contributed by atoms with Crippen molar-refractivity contribution in [2.75, 3.05) is 7.11 Å². The Bertz CT molecular complexity index is 1610. The summed E-state index contributed by atoms with van der Waals surface area (Å²) >= 11 is 6.98. The van der Waals surface area contributed by atoms with E-state index >= 15 is 0 Å². The second-order valence-corrected chi connectivity index (χ2v) is 13.1. The number of thiophene rings is 1. The van der Waals surface area contributed by atoms with Crippen LogP contribution < -0.4 is 16.2 Å². The number of sulfone groups is 1. The first-order chi connectivity index (χ1) is 18.6. The molecule has 0 saturated carbocycles. The Morgan fingerprint density at radius 3 is 2.54 bits per heavy atom. The van der Waals surface area contributed by atoms with Crippen molar-refractivity contribution in [3.8, 4) is 5.75 Å². The highest BCUT2D eigenvalue weighted by Crippen LogP contribution is 2.33. The lowest BCUT2D eigenvalue weighted by Gasteiger charge is -2.10. The first-order valence-corrected chi connectivity index (χ1v) is 15.1. The predicted molar refractivity (Wildman–Crippen MR) is 152 cm³/mol. The van der Waals surface area contributed by atoms with Crippen molar-refractivity contribution >= 4 is 55.4 Å². The van der Waals surface area contributed by atoms with Gasteiger partial charge < -0.3 is 16.2 Å². The monoisotopic (exact) mass is 588 g/mol. The fraction of sp³-hybridized carbons (Fsp3) is 0.296. The zero-order valence-electron chi connectivity index (χ0n) is 21.3. The van der Waals surface area contributed by atoms with Crippen molar-refractivity contribution in [1.82, 2.24) is 9.78 Å². The SMILES string of the molecule is COc1cccc2c1c(CS(=O)(=O)c1ccc(Cl)s1)nn2Cc1cccc(CCC(=O)[C@@H](N)CCC(N)=O)c1. The number of primary amides is 1. The normalized spacial score (nSPS) is 12.5. The molecule has 39 heavy (non-hydrogen) atoms. The molecule has 0 aliphatic heterocycles. The number of aryl methyl sites for hydroxylation is 1. The van der Waals surface area contributed by atoms with Gasteiger partial charge in [0.05, 0.1) is 40.6 Å². The van der Waals surface area contributed by atoms with Crippen LogP contribution in [0.15, 0.2) is 58.8 Å². The molecule has 0 aliphatic rings. The van der Waals surface area contributed by atoms with Crippen LogP contribution in [0.2, 0.25) is 4.34 Å². The van der Waals surface area contributed by atoms with Crippen LogP contribution in [0.3, 0.4) is 0 Å². The summed E-state index contributed by atoms with van der Waals surface area (Å²) in [5.74, 6) is -0.365. The van der Waals surface area contributed by atoms with E-state index < -0.39 is 21.8 Å². The van der Waals surface area contributed by atoms with Crippen molar-refractivity contribution in [2.45, 2.75) is 48.2 Å². The molecule has 0 aliphatic carbocycles. The van der Waals surface area contributed by atoms with E-state index in [1.807, 2.05) is 36.4 Å². The number of amides is 1. The van der Waals surface area contributed by atoms with E-state index in [1.54, 1.807) is 16.8 Å². The molecule has 2 aromatic heterocycles. The Morgan fingerprint density at radius 1 is 1.10 bits per heavy atom. The van der Waals surface area contributed by atoms with Gasteiger partial charge in [0.1, 0.15) is 21.5 Å². The molecule has 0 unspecified atom stereocenters. The van der Waals surface area contributed by atoms with Gasteiger partial charge in [-0.05, 0) is 48.2 Å². The van der Waals surface area contributed by atoms with Crippen molar-refractivity contribution in [1.29, 1.82) is 0 Å². The minimum atomic E-state index is -3.67. The van der Waals surface area contributed by atoms with Crippen LogP contribution in [0, 0.1) is 0 Å². The number of fused-ring (bicyclic) bond motifs is 1. The molecule has 0 bridgehead atoms. The topological polar surface area (TPSA) is 147 Å². The molecule has 0 spiro atoms. The zero-order chi connectivity index (χ0) is 28.2. The lowest BCUT2D eigenvalue weighted by atomic mass is 9.99. The summed E-state index contributed by atoms with van der Waals surface area (Å²) in [6.45, 7) is 0.383. The predicted octanol–water partition coefficient (Wildman–Crippen LogP) is 3.88. The summed E-state index contributed by atoms with van der Waals surface area (Å²) in [4.78, 5) is 23.3. The van der Waals surface area contributed by atoms with E-state index in [-0.39, 0.29) is 35.0 Å². The van der Waals surface area contributed by atoms with Gasteiger partial charge >= 0.3 is 0 Å². The number of rotatable bonds is 13. The van der Waals surface area contributed by atoms with Crippen LogP contribution >= 0.6 is 22.9 Å². The van der Waals surface area contributed by atoms with Gasteiger partial charge in [-0.25, -0.2) is 8.42 Å². The zero-order valence-corrected chi connectivity index (χ0v) is 23.7. The number of carbonyl (C=O) groups excluding carboxylic acids is 2. The van der Waals surface area contributed by atoms with E-state index in [0.717, 1.165) is 28.0 Å². The molecule has 1 atom stereocenters. The molecule has 206 valence electrons. The molecule has 2 aromatic carbocycles. The molecule has 12 heteroatoms. The van der Waals surface area contributed by atoms with Crippen LogP contribution in [0.5, 0.6) is 5.75 Å². The number of benzene rings is 2. The van der Waals surface area contributed by atoms with E-state index in [9.17, 15) is 18.0 Å². The van der Waals surface area contributed by atoms with Gasteiger partial charge in [0, 0.05) is 12.8 Å². The number of hydrogen-bond acceptors (Lipinski definition) is 8. The number of hydrogen-bond donors (Lipinski definition) is 2. The average Bonchev–Trinajstić information content (AvgIpc) is 3.50. The summed E-state index contributed by atoms with van der Waals surface area (Å²) in [6.07, 6.45) is 1.06. The number of aromatic nitrogens is 2. The lowest BCUT2D eigenvalue weighted by molar-refractivity contribution is -0.121. The van der Waals surface area contributed by atoms with Crippen LogP contribution in [-0.4, -0.2) is 43.0 Å². The van der Waals surface area contributed by atoms with Crippen LogP contribution in [-0.2, 0) is 38.1 Å². The van der Waals surface area contributed by atoms with Gasteiger partial charge in [0.2, 0.25) is 5.91 Å². The maximum absolute atomic E-state index is 13.1. The Kier molecular flexibility index (Phi) is 9.06. The molecule has 0 radical (unpaired) electrons. The minimum absolute atomic E-state index is 0.0787. The second-order valence-electron chi connectivity index (χ2n) is 9.17. The summed E-state index contributed by atoms with van der Waals surface area (Å²) in [6, 6.07) is 15.6. The first-order valence-electron chi connectivity index (χ1n) is 12.2. The molecular weight excluding hydrogens is 560 g/mol. The summed E-state index contributed by atoms with van der Waals surface area (Å²) in [7, 11) is -2.14. The number of halogens is 1. The number of methoxy groups -OCH3 is 1. The smallest absolute Gasteiger partial charge is 0.217 e. The third kappa shape index (κ3) is 7.04. The average molecular weight is 589 g/mol. The molecular formula is C27H29ClN4O5S2. The number of carbonyl (C=O) groups is 2. The molecule has 9 nitrogen and oxygen atoms in total. The van der Waals surface area contributed by atoms with Gasteiger partial charge in [-0.2, -0.15) is 5.10 Å². The van der Waals surface area contributed by atoms with Gasteiger partial charge in [-0.3, -0.25) is 14.3 Å². The van der Waals surface area contributed by atoms with Crippen LogP contribution in [0.1, 0.15) is 36.1 Å². The summed E-state index contributed by atoms with van der Waals surface area (Å²) in [5, 5.41) is 5.33. The summed E-state index contributed by atoms with van der Waals surface area (Å²) in [5.41, 5.74) is 14.1. The standard InChI is InChI=1S/C27H29ClN4O5S2/c1-37-23-7-3-6-21-27(23)20(16-39(35,36)26-13-11-24(28)38-26)31-32(21)15-18-5-2-4-17(14-18)8-10-22(33)19(29)9-12-25(30)34/h2-7,11,13-14,19H,8-10,12,15-16,29H2,1H3,(H2,30,34)/t19-/m0/s1. The Balaban J connectivity index is 1.56. The molecule has 0 saturated heterocycles. The molecule has 2 heterocycles. The Hall–Kier alpha value is -3.25. The van der Waals surface area contributed by atoms with Gasteiger partial charge in [0.25, 0.3) is 0 Å². The number of nitrogens with zero attached hydrogens (tertiary/aromatic N) is 2. The third-order valence-electron chi connectivity index (χ3n) is 6.31. The van der Waals surface area contributed by atoms with Gasteiger partial charge in [-0.1, -0.05) is 41.9 Å². The fourth-order valence-corrected chi connectivity index (χ4v) is 7.20. The maximum atomic E-state index is 13.1. The minimum Gasteiger partial charge on any atom is -0.496 e. The highest BCUT2D eigenvalue weighted by molar-refractivity contribution is 7.92. The summed E-state index contributed by atoms with van der Waals surface area (Å²) < 4.78 is 34.1. The number of nitrogens with two attached hydrogens (primary N) is 2. The van der Waals surface area contributed by atoms with Crippen molar-refractivity contribution in [3.05, 3.63) is 75.8 Å². The number of ether oxygens (including phenoxy) is 1. The van der Waals surface area contributed by atoms with E-state index in [0.29, 0.717) is 34.1 Å². The van der Waals surface area contributed by atoms with Crippen molar-refractivity contribution < 1.29 is 22.7 Å². The van der Waals surface area contributed by atoms with Gasteiger partial charge in [-0.15, -0.1) is 11.3 Å². The highest BCUT2D eigenvalue weighted by atomic mass is 35.5. The number of Topliss-reactive ketones (excluding diaryl/α,β-unsaturated/α-hetero) is 1. The second kappa shape index (κ2) is 12.3. The van der Waals surface area contributed by atoms with E-state index in [1.165, 1.54) is 13.2 Å². The number of ketones is 1. The Labute approximate surface area is 235 Å². The molecule has 1 amide bonds. The van der Waals surface area contributed by atoms with Crippen LogP contribution in [0.25, 0.3) is 10.9 Å². The van der Waals surface area contributed by atoms with E-state index in [2.05, 4.69) is 0 Å². The molecule has 0 fully saturated rings. The molecule has 4 rings (SSSR count). The Morgan fingerprint density at radius 2 is 1.85 bits per heavy atom. The largest absolute Gasteiger partial charge is 0.496 e. The lowest BCUT2D eigenvalue weighted by Crippen LogP contribution is -2.32. The molecule has 4 aromatic rings. The highest BCUT2D eigenvalue weighted by Gasteiger charge is 2.24. The fourth-order valence-electron chi connectivity index (χ4n) is 4.35. The van der Waals surface area contributed by atoms with Crippen molar-refractivity contribution in [2.24, 2.45) is 11.5 Å². The third-order valence-corrected chi connectivity index (χ3v) is 9.75. The van der Waals surface area contributed by atoms with Crippen molar-refractivity contribution in [3.63, 3.8) is 0 Å². The quantitative estimate of drug-likeness (QED) is 0.241. The van der Waals surface area contributed by atoms with Crippen LogP contribution in [0.4, 0.5) is 0 Å². The maximum Gasteiger partial charge on any atom is 0.217 e. The first kappa shape index (κ1) is 28.8. The molecule has 4 N–H and O–H groups in total. The van der Waals surface area contributed by atoms with Gasteiger partial charge in [0.15, 0.2) is 9.84 Å².